The summed E-state index contributed by atoms with van der Waals surface area (Å²) < 4.78 is 6.70. The van der Waals surface area contributed by atoms with E-state index in [4.69, 9.17) is 19.9 Å². The third-order valence-electron chi connectivity index (χ3n) is 13.3. The first-order valence-electron chi connectivity index (χ1n) is 28.7. The van der Waals surface area contributed by atoms with Crippen LogP contribution >= 0.6 is 0 Å². The van der Waals surface area contributed by atoms with E-state index in [0.29, 0.717) is 44.1 Å². The van der Waals surface area contributed by atoms with Gasteiger partial charge in [0.2, 0.25) is 0 Å². The lowest BCUT2D eigenvalue weighted by atomic mass is 9.96. The number of pyridine rings is 4. The maximum absolute atomic E-state index is 13.6. The van der Waals surface area contributed by atoms with Gasteiger partial charge in [0.05, 0.1) is 44.1 Å². The second-order valence-electron chi connectivity index (χ2n) is 16.4. The molecule has 0 fully saturated rings. The van der Waals surface area contributed by atoms with E-state index in [1.807, 2.05) is 244 Å². The van der Waals surface area contributed by atoms with E-state index in [1.165, 1.54) is 0 Å². The number of para-hydroxylation sites is 8. The third-order valence-corrected chi connectivity index (χ3v) is 13.3. The van der Waals surface area contributed by atoms with Crippen molar-refractivity contribution in [2.24, 2.45) is 0 Å². The molecular formula is C70H80N8O4. The van der Waals surface area contributed by atoms with Gasteiger partial charge in [0.15, 0.2) is 0 Å². The Morgan fingerprint density at radius 2 is 0.390 bits per heavy atom. The summed E-state index contributed by atoms with van der Waals surface area (Å²) in [6.45, 7) is 32.0. The van der Waals surface area contributed by atoms with E-state index in [1.54, 1.807) is 29.7 Å². The normalized spacial score (nSPS) is 10.4. The smallest absolute Gasteiger partial charge is 0.264 e. The van der Waals surface area contributed by atoms with Crippen LogP contribution in [0, 0.1) is 0 Å². The van der Waals surface area contributed by atoms with Crippen LogP contribution in [0.4, 0.5) is 0 Å². The number of benzene rings is 8. The first-order valence-corrected chi connectivity index (χ1v) is 28.7. The van der Waals surface area contributed by atoms with Crippen LogP contribution in [0.1, 0.15) is 126 Å². The second-order valence-corrected chi connectivity index (χ2v) is 16.4. The monoisotopic (exact) mass is 1100 g/mol. The molecule has 0 radical (unpaired) electrons. The first-order chi connectivity index (χ1) is 39.4. The van der Waals surface area contributed by atoms with Gasteiger partial charge in [-0.25, -0.2) is 19.9 Å². The van der Waals surface area contributed by atoms with Crippen LogP contribution in [0.25, 0.3) is 131 Å². The number of aromatic nitrogens is 8. The molecule has 12 heteroatoms. The van der Waals surface area contributed by atoms with Gasteiger partial charge in [-0.15, -0.1) is 0 Å². The predicted octanol–water partition coefficient (Wildman–Crippen LogP) is 18.2. The van der Waals surface area contributed by atoms with Gasteiger partial charge in [0.1, 0.15) is 22.6 Å². The minimum atomic E-state index is -0.128. The number of hydrogen-bond acceptors (Lipinski definition) is 8. The van der Waals surface area contributed by atoms with Crippen molar-refractivity contribution >= 4 is 131 Å². The number of imidazole rings is 4. The highest BCUT2D eigenvalue weighted by molar-refractivity contribution is 6.29. The highest BCUT2D eigenvalue weighted by atomic mass is 16.1. The Balaban J connectivity index is 0.000000238. The molecule has 82 heavy (non-hydrogen) atoms. The van der Waals surface area contributed by atoms with E-state index in [0.717, 1.165) is 87.2 Å². The Morgan fingerprint density at radius 3 is 0.573 bits per heavy atom. The predicted molar refractivity (Wildman–Crippen MR) is 357 cm³/mol. The van der Waals surface area contributed by atoms with E-state index in [-0.39, 0.29) is 37.1 Å². The molecule has 0 aliphatic carbocycles. The summed E-state index contributed by atoms with van der Waals surface area (Å²) in [6, 6.07) is 45.6. The molecule has 0 saturated heterocycles. The molecule has 0 atom stereocenters. The van der Waals surface area contributed by atoms with Gasteiger partial charge in [-0.3, -0.25) is 36.8 Å². The molecule has 0 spiro atoms. The van der Waals surface area contributed by atoms with Crippen molar-refractivity contribution in [1.29, 1.82) is 0 Å². The summed E-state index contributed by atoms with van der Waals surface area (Å²) in [5, 5.41) is 8.84. The molecule has 424 valence electrons. The van der Waals surface area contributed by atoms with Crippen LogP contribution in [0.3, 0.4) is 0 Å². The van der Waals surface area contributed by atoms with Crippen LogP contribution in [0.5, 0.6) is 0 Å². The SMILES string of the molecule is C.C.CC.CC.CC.CC.CC.CC.CC.CC.O=c1c2ccc3c(=O)n4c5ccccc5nc4c4ccc(c2c34)c2nc3ccccc3n12.O=c1c2ccc3c4c(ccc(c24)c2nc4ccccc4n12)c(=O)n1c2ccccc2nc31. The molecule has 0 aliphatic heterocycles. The van der Waals surface area contributed by atoms with E-state index < -0.39 is 0 Å². The quantitative estimate of drug-likeness (QED) is 0.137. The van der Waals surface area contributed by atoms with Crippen molar-refractivity contribution in [2.45, 2.75) is 126 Å². The zero-order valence-corrected chi connectivity index (χ0v) is 49.1. The molecule has 0 aliphatic rings. The number of fused-ring (bicyclic) bond motifs is 16. The van der Waals surface area contributed by atoms with Crippen LogP contribution in [0.15, 0.2) is 165 Å². The summed E-state index contributed by atoms with van der Waals surface area (Å²) in [5.74, 6) is 0. The Kier molecular flexibility index (Phi) is 21.2. The summed E-state index contributed by atoms with van der Waals surface area (Å²) in [4.78, 5) is 73.4. The number of hydrogen-bond donors (Lipinski definition) is 0. The van der Waals surface area contributed by atoms with Crippen molar-refractivity contribution in [1.82, 2.24) is 37.5 Å². The first kappa shape index (κ1) is 63.7. The van der Waals surface area contributed by atoms with Crippen LogP contribution < -0.4 is 22.2 Å². The van der Waals surface area contributed by atoms with Crippen molar-refractivity contribution in [3.05, 3.63) is 187 Å². The maximum atomic E-state index is 13.6. The molecule has 0 amide bonds. The van der Waals surface area contributed by atoms with Gasteiger partial charge in [0.25, 0.3) is 22.2 Å². The fraction of sp³-hybridized carbons (Fsp3) is 0.257. The molecular weight excluding hydrogens is 1020 g/mol. The van der Waals surface area contributed by atoms with E-state index >= 15 is 0 Å². The van der Waals surface area contributed by atoms with Crippen LogP contribution in [-0.2, 0) is 0 Å². The Hall–Kier alpha value is -9.16. The minimum Gasteiger partial charge on any atom is -0.268 e. The Labute approximate surface area is 479 Å². The lowest BCUT2D eigenvalue weighted by Gasteiger charge is -2.12. The number of nitrogens with zero attached hydrogens (tertiary/aromatic N) is 8. The molecule has 0 N–H and O–H groups in total. The van der Waals surface area contributed by atoms with Gasteiger partial charge < -0.3 is 0 Å². The number of rotatable bonds is 0. The summed E-state index contributed by atoms with van der Waals surface area (Å²) >= 11 is 0. The topological polar surface area (TPSA) is 137 Å². The van der Waals surface area contributed by atoms with Crippen LogP contribution in [-0.4, -0.2) is 37.5 Å². The molecule has 8 aromatic heterocycles. The van der Waals surface area contributed by atoms with Gasteiger partial charge in [-0.1, -0.05) is 174 Å². The zero-order chi connectivity index (χ0) is 58.3. The molecule has 12 nitrogen and oxygen atoms in total. The summed E-state index contributed by atoms with van der Waals surface area (Å²) in [6.07, 6.45) is 0. The van der Waals surface area contributed by atoms with Gasteiger partial charge >= 0.3 is 0 Å². The average molecular weight is 1100 g/mol. The Morgan fingerprint density at radius 1 is 0.232 bits per heavy atom. The van der Waals surface area contributed by atoms with Gasteiger partial charge in [0, 0.05) is 64.6 Å². The lowest BCUT2D eigenvalue weighted by molar-refractivity contribution is 1.18. The lowest BCUT2D eigenvalue weighted by Crippen LogP contribution is -2.16. The highest BCUT2D eigenvalue weighted by Crippen LogP contribution is 2.38. The van der Waals surface area contributed by atoms with Gasteiger partial charge in [-0.2, -0.15) is 0 Å². The second kappa shape index (κ2) is 27.3. The van der Waals surface area contributed by atoms with Gasteiger partial charge in [-0.05, 0) is 97.1 Å². The standard InChI is InChI=1S/2C26H12N4O2.8C2H6.2CH4/c31-25-15-12-10-14-22-16(26(32)30-20-8-4-2-6-18(20)28-24(14)30)11-9-13(21(15)22)23-27-17-5-1-3-7-19(17)29(23)25;31-25-15-11-12-16-22-14(24-28-18-6-2-4-8-20(18)30(24)26(16)32)10-9-13(21(15)22)23-27-17-5-1-3-7-19(17)29(23)25;8*1-2;;/h2*1-12H;8*1-2H3;2*1H4. The average Bonchev–Trinajstić information content (AvgIpc) is 1.65. The minimum absolute atomic E-state index is 0. The highest BCUT2D eigenvalue weighted by Gasteiger charge is 2.24. The maximum Gasteiger partial charge on any atom is 0.264 e. The van der Waals surface area contributed by atoms with Crippen molar-refractivity contribution in [3.63, 3.8) is 0 Å². The van der Waals surface area contributed by atoms with Crippen molar-refractivity contribution < 1.29 is 0 Å². The largest absolute Gasteiger partial charge is 0.268 e. The van der Waals surface area contributed by atoms with E-state index in [2.05, 4.69) is 0 Å². The molecule has 8 aromatic carbocycles. The van der Waals surface area contributed by atoms with Crippen molar-refractivity contribution in [2.75, 3.05) is 0 Å². The molecule has 16 rings (SSSR count). The van der Waals surface area contributed by atoms with E-state index in [9.17, 15) is 19.2 Å². The van der Waals surface area contributed by atoms with Crippen molar-refractivity contribution in [3.8, 4) is 0 Å². The molecule has 0 unspecified atom stereocenters. The molecule has 0 saturated carbocycles. The zero-order valence-electron chi connectivity index (χ0n) is 49.1. The molecule has 0 bridgehead atoms. The third kappa shape index (κ3) is 9.49. The fourth-order valence-corrected chi connectivity index (χ4v) is 10.6. The summed E-state index contributed by atoms with van der Waals surface area (Å²) in [7, 11) is 0. The molecule has 16 aromatic rings. The molecule has 8 heterocycles. The summed E-state index contributed by atoms with van der Waals surface area (Å²) in [5.41, 5.74) is 8.13. The Bertz CT molecular complexity index is 4450. The van der Waals surface area contributed by atoms with Crippen LogP contribution in [0.2, 0.25) is 0 Å². The fourth-order valence-electron chi connectivity index (χ4n) is 10.6.